The Morgan fingerprint density at radius 2 is 2.28 bits per heavy atom. The van der Waals surface area contributed by atoms with Crippen molar-refractivity contribution in [1.82, 2.24) is 9.55 Å². The zero-order chi connectivity index (χ0) is 13.5. The lowest BCUT2D eigenvalue weighted by Gasteiger charge is -2.27. The second-order valence-electron chi connectivity index (χ2n) is 3.96. The Balaban J connectivity index is 2.52. The van der Waals surface area contributed by atoms with E-state index in [-0.39, 0.29) is 0 Å². The molecule has 8 nitrogen and oxygen atoms in total. The molecule has 1 aromatic heterocycles. The van der Waals surface area contributed by atoms with E-state index < -0.39 is 48.2 Å². The van der Waals surface area contributed by atoms with Crippen LogP contribution in [0.3, 0.4) is 0 Å². The molecule has 4 N–H and O–H groups in total. The minimum absolute atomic E-state index is 0.435. The molecular formula is C9H11FN2O6. The van der Waals surface area contributed by atoms with Gasteiger partial charge in [-0.25, -0.2) is 4.79 Å². The van der Waals surface area contributed by atoms with Crippen molar-refractivity contribution in [2.75, 3.05) is 13.2 Å². The Morgan fingerprint density at radius 3 is 2.83 bits per heavy atom. The lowest BCUT2D eigenvalue weighted by Crippen LogP contribution is -2.53. The minimum Gasteiger partial charge on any atom is -0.394 e. The largest absolute Gasteiger partial charge is 0.394 e. The number of halogens is 1. The van der Waals surface area contributed by atoms with Gasteiger partial charge in [0.1, 0.15) is 12.2 Å². The van der Waals surface area contributed by atoms with Crippen LogP contribution >= 0.6 is 0 Å². The summed E-state index contributed by atoms with van der Waals surface area (Å²) < 4.78 is 18.4. The molecule has 0 amide bonds. The molecule has 1 fully saturated rings. The van der Waals surface area contributed by atoms with Crippen LogP contribution in [0.4, 0.5) is 4.39 Å². The predicted octanol–water partition coefficient (Wildman–Crippen LogP) is -2.93. The molecule has 0 unspecified atom stereocenters. The summed E-state index contributed by atoms with van der Waals surface area (Å²) in [7, 11) is 0. The van der Waals surface area contributed by atoms with Crippen molar-refractivity contribution in [1.29, 1.82) is 0 Å². The number of ether oxygens (including phenoxy) is 1. The Hall–Kier alpha value is -1.55. The third kappa shape index (κ3) is 1.77. The first kappa shape index (κ1) is 12.9. The van der Waals surface area contributed by atoms with E-state index in [0.29, 0.717) is 10.8 Å². The summed E-state index contributed by atoms with van der Waals surface area (Å²) in [6, 6.07) is 0. The van der Waals surface area contributed by atoms with Crippen LogP contribution < -0.4 is 11.2 Å². The number of aliphatic hydroxyl groups is 3. The van der Waals surface area contributed by atoms with E-state index in [1.165, 1.54) is 0 Å². The molecule has 0 bridgehead atoms. The molecule has 0 spiro atoms. The number of nitrogens with one attached hydrogen (secondary N) is 1. The average molecular weight is 262 g/mol. The monoisotopic (exact) mass is 262 g/mol. The Labute approximate surface area is 98.9 Å². The van der Waals surface area contributed by atoms with Gasteiger partial charge in [0.2, 0.25) is 5.82 Å². The van der Waals surface area contributed by atoms with Gasteiger partial charge in [0, 0.05) is 0 Å². The Bertz CT molecular complexity index is 569. The van der Waals surface area contributed by atoms with Crippen molar-refractivity contribution in [2.45, 2.75) is 17.9 Å². The van der Waals surface area contributed by atoms with Gasteiger partial charge in [0.05, 0.1) is 19.4 Å². The molecule has 2 heterocycles. The number of rotatable bonds is 2. The summed E-state index contributed by atoms with van der Waals surface area (Å²) in [5, 5.41) is 28.7. The van der Waals surface area contributed by atoms with Gasteiger partial charge in [-0.3, -0.25) is 14.3 Å². The highest BCUT2D eigenvalue weighted by Gasteiger charge is 2.50. The average Bonchev–Trinajstić information content (AvgIpc) is 2.61. The molecule has 1 aromatic rings. The van der Waals surface area contributed by atoms with Crippen molar-refractivity contribution in [3.63, 3.8) is 0 Å². The summed E-state index contributed by atoms with van der Waals surface area (Å²) in [4.78, 5) is 24.0. The van der Waals surface area contributed by atoms with E-state index >= 15 is 0 Å². The summed E-state index contributed by atoms with van der Waals surface area (Å²) in [5.41, 5.74) is -4.56. The zero-order valence-corrected chi connectivity index (χ0v) is 9.04. The van der Waals surface area contributed by atoms with E-state index in [1.54, 1.807) is 4.98 Å². The van der Waals surface area contributed by atoms with Gasteiger partial charge in [-0.1, -0.05) is 0 Å². The lowest BCUT2D eigenvalue weighted by molar-refractivity contribution is -0.116. The van der Waals surface area contributed by atoms with Crippen LogP contribution in [0.2, 0.25) is 0 Å². The molecule has 0 aliphatic carbocycles. The molecular weight excluding hydrogens is 251 g/mol. The maximum absolute atomic E-state index is 13.1. The molecule has 0 aromatic carbocycles. The van der Waals surface area contributed by atoms with Crippen LogP contribution in [0.15, 0.2) is 15.8 Å². The quantitative estimate of drug-likeness (QED) is 0.452. The normalized spacial score (nSPS) is 31.8. The molecule has 0 saturated carbocycles. The second kappa shape index (κ2) is 4.28. The van der Waals surface area contributed by atoms with Gasteiger partial charge < -0.3 is 20.1 Å². The minimum atomic E-state index is -2.24. The fourth-order valence-corrected chi connectivity index (χ4v) is 1.80. The van der Waals surface area contributed by atoms with Gasteiger partial charge in [-0.15, -0.1) is 0 Å². The number of hydrogen-bond acceptors (Lipinski definition) is 6. The van der Waals surface area contributed by atoms with Gasteiger partial charge in [-0.05, 0) is 0 Å². The highest BCUT2D eigenvalue weighted by Crippen LogP contribution is 2.27. The van der Waals surface area contributed by atoms with Crippen molar-refractivity contribution in [2.24, 2.45) is 0 Å². The van der Waals surface area contributed by atoms with E-state index in [4.69, 9.17) is 9.84 Å². The molecule has 1 aliphatic heterocycles. The number of aliphatic hydroxyl groups excluding tert-OH is 2. The number of H-pyrrole nitrogens is 1. The molecule has 0 radical (unpaired) electrons. The molecule has 3 atom stereocenters. The summed E-state index contributed by atoms with van der Waals surface area (Å²) in [5.74, 6) is -1.29. The molecule has 2 rings (SSSR count). The van der Waals surface area contributed by atoms with Gasteiger partial charge in [0.15, 0.2) is 5.72 Å². The van der Waals surface area contributed by atoms with Crippen molar-refractivity contribution in [3.8, 4) is 0 Å². The number of aromatic amines is 1. The van der Waals surface area contributed by atoms with Crippen LogP contribution in [0.25, 0.3) is 0 Å². The first-order valence-corrected chi connectivity index (χ1v) is 5.05. The summed E-state index contributed by atoms with van der Waals surface area (Å²) >= 11 is 0. The van der Waals surface area contributed by atoms with Gasteiger partial charge >= 0.3 is 5.69 Å². The maximum atomic E-state index is 13.1. The SMILES string of the molecule is O=c1[nH]c(=O)n([C@@]2(O)CO[C@H](CO)[C@H]2O)cc1F. The first-order chi connectivity index (χ1) is 8.40. The van der Waals surface area contributed by atoms with Crippen LogP contribution in [0.5, 0.6) is 0 Å². The van der Waals surface area contributed by atoms with Crippen LogP contribution in [0, 0.1) is 5.82 Å². The van der Waals surface area contributed by atoms with E-state index in [9.17, 15) is 24.2 Å². The van der Waals surface area contributed by atoms with Gasteiger partial charge in [0.25, 0.3) is 5.56 Å². The topological polar surface area (TPSA) is 125 Å². The molecule has 1 saturated heterocycles. The van der Waals surface area contributed by atoms with E-state index in [1.807, 2.05) is 0 Å². The first-order valence-electron chi connectivity index (χ1n) is 5.05. The maximum Gasteiger partial charge on any atom is 0.331 e. The van der Waals surface area contributed by atoms with Crippen LogP contribution in [0.1, 0.15) is 0 Å². The number of nitrogens with zero attached hydrogens (tertiary/aromatic N) is 1. The van der Waals surface area contributed by atoms with Crippen molar-refractivity contribution in [3.05, 3.63) is 32.9 Å². The third-order valence-corrected chi connectivity index (χ3v) is 2.83. The molecule has 100 valence electrons. The molecule has 1 aliphatic rings. The Kier molecular flexibility index (Phi) is 3.07. The van der Waals surface area contributed by atoms with E-state index in [2.05, 4.69) is 0 Å². The zero-order valence-electron chi connectivity index (χ0n) is 9.04. The molecule has 18 heavy (non-hydrogen) atoms. The Morgan fingerprint density at radius 1 is 1.61 bits per heavy atom. The standard InChI is InChI=1S/C9H11FN2O6/c10-4-1-12(8(16)11-7(4)15)9(17)3-18-5(2-13)6(9)14/h1,5-6,13-14,17H,2-3H2,(H,11,15,16)/t5-,6-,9-/m1/s1. The highest BCUT2D eigenvalue weighted by molar-refractivity contribution is 4.99. The third-order valence-electron chi connectivity index (χ3n) is 2.83. The summed E-state index contributed by atoms with van der Waals surface area (Å²) in [6.45, 7) is -1.10. The lowest BCUT2D eigenvalue weighted by atomic mass is 10.1. The number of aromatic nitrogens is 2. The fourth-order valence-electron chi connectivity index (χ4n) is 1.80. The second-order valence-corrected chi connectivity index (χ2v) is 3.96. The van der Waals surface area contributed by atoms with Crippen LogP contribution in [-0.4, -0.2) is 50.3 Å². The fraction of sp³-hybridized carbons (Fsp3) is 0.556. The predicted molar refractivity (Wildman–Crippen MR) is 54.3 cm³/mol. The smallest absolute Gasteiger partial charge is 0.331 e. The molecule has 9 heteroatoms. The van der Waals surface area contributed by atoms with Crippen LogP contribution in [-0.2, 0) is 10.5 Å². The highest BCUT2D eigenvalue weighted by atomic mass is 19.1. The van der Waals surface area contributed by atoms with Crippen molar-refractivity contribution < 1.29 is 24.4 Å². The van der Waals surface area contributed by atoms with Crippen molar-refractivity contribution >= 4 is 0 Å². The van der Waals surface area contributed by atoms with Gasteiger partial charge in [-0.2, -0.15) is 4.39 Å². The van der Waals surface area contributed by atoms with E-state index in [0.717, 1.165) is 0 Å². The summed E-state index contributed by atoms with van der Waals surface area (Å²) in [6.07, 6.45) is -2.25. The number of hydrogen-bond donors (Lipinski definition) is 4.